The van der Waals surface area contributed by atoms with E-state index < -0.39 is 5.60 Å². The van der Waals surface area contributed by atoms with E-state index in [1.54, 1.807) is 0 Å². The molecule has 4 nitrogen and oxygen atoms in total. The SMILES string of the molecule is CC(NCCNC(=O)OC(C)(C)C)c1csc(Cl)c1. The highest BCUT2D eigenvalue weighted by Crippen LogP contribution is 2.24. The van der Waals surface area contributed by atoms with Crippen LogP contribution in [-0.2, 0) is 4.74 Å². The number of alkyl carbamates (subject to hydrolysis) is 1. The van der Waals surface area contributed by atoms with E-state index in [-0.39, 0.29) is 12.1 Å². The average Bonchev–Trinajstić information content (AvgIpc) is 2.68. The molecule has 0 saturated carbocycles. The van der Waals surface area contributed by atoms with Gasteiger partial charge in [-0.2, -0.15) is 0 Å². The van der Waals surface area contributed by atoms with Crippen molar-refractivity contribution >= 4 is 29.0 Å². The second-order valence-electron chi connectivity index (χ2n) is 5.29. The van der Waals surface area contributed by atoms with Crippen molar-refractivity contribution in [3.8, 4) is 0 Å². The van der Waals surface area contributed by atoms with E-state index >= 15 is 0 Å². The summed E-state index contributed by atoms with van der Waals surface area (Å²) in [7, 11) is 0. The maximum absolute atomic E-state index is 11.4. The van der Waals surface area contributed by atoms with E-state index in [1.165, 1.54) is 11.3 Å². The van der Waals surface area contributed by atoms with Gasteiger partial charge in [0.05, 0.1) is 4.34 Å². The zero-order valence-electron chi connectivity index (χ0n) is 11.7. The molecule has 0 aliphatic carbocycles. The molecule has 2 N–H and O–H groups in total. The molecule has 0 radical (unpaired) electrons. The predicted molar refractivity (Wildman–Crippen MR) is 80.0 cm³/mol. The second-order valence-corrected chi connectivity index (χ2v) is 6.83. The van der Waals surface area contributed by atoms with Crippen LogP contribution in [0.4, 0.5) is 4.79 Å². The molecule has 0 bridgehead atoms. The predicted octanol–water partition coefficient (Wildman–Crippen LogP) is 3.58. The third-order valence-corrected chi connectivity index (χ3v) is 3.44. The number of carbonyl (C=O) groups excluding carboxylic acids is 1. The number of halogens is 1. The molecule has 0 fully saturated rings. The Kier molecular flexibility index (Phi) is 6.10. The molecule has 1 aromatic rings. The summed E-state index contributed by atoms with van der Waals surface area (Å²) in [6.45, 7) is 8.78. The van der Waals surface area contributed by atoms with Gasteiger partial charge >= 0.3 is 6.09 Å². The van der Waals surface area contributed by atoms with Gasteiger partial charge in [-0.05, 0) is 44.7 Å². The van der Waals surface area contributed by atoms with Gasteiger partial charge in [0.25, 0.3) is 0 Å². The van der Waals surface area contributed by atoms with E-state index in [2.05, 4.69) is 17.6 Å². The van der Waals surface area contributed by atoms with Crippen LogP contribution in [0.2, 0.25) is 4.34 Å². The van der Waals surface area contributed by atoms with Gasteiger partial charge in [0.2, 0.25) is 0 Å². The van der Waals surface area contributed by atoms with Crippen LogP contribution in [-0.4, -0.2) is 24.8 Å². The van der Waals surface area contributed by atoms with Gasteiger partial charge in [-0.1, -0.05) is 11.6 Å². The van der Waals surface area contributed by atoms with Gasteiger partial charge in [-0.25, -0.2) is 4.79 Å². The molecule has 1 heterocycles. The van der Waals surface area contributed by atoms with Crippen LogP contribution < -0.4 is 10.6 Å². The summed E-state index contributed by atoms with van der Waals surface area (Å²) in [5, 5.41) is 8.04. The number of hydrogen-bond donors (Lipinski definition) is 2. The van der Waals surface area contributed by atoms with Crippen molar-refractivity contribution in [2.75, 3.05) is 13.1 Å². The first kappa shape index (κ1) is 16.3. The average molecular weight is 305 g/mol. The lowest BCUT2D eigenvalue weighted by molar-refractivity contribution is 0.0528. The second kappa shape index (κ2) is 7.12. The Morgan fingerprint density at radius 2 is 2.16 bits per heavy atom. The Hall–Kier alpha value is -0.780. The highest BCUT2D eigenvalue weighted by atomic mass is 35.5. The summed E-state index contributed by atoms with van der Waals surface area (Å²) in [6, 6.07) is 2.16. The first-order valence-corrected chi connectivity index (χ1v) is 7.48. The Morgan fingerprint density at radius 1 is 1.47 bits per heavy atom. The highest BCUT2D eigenvalue weighted by molar-refractivity contribution is 7.14. The summed E-state index contributed by atoms with van der Waals surface area (Å²) >= 11 is 7.40. The van der Waals surface area contributed by atoms with Crippen LogP contribution in [0, 0.1) is 0 Å². The van der Waals surface area contributed by atoms with E-state index in [4.69, 9.17) is 16.3 Å². The standard InChI is InChI=1S/C13H21ClN2O2S/c1-9(10-7-11(14)19-8-10)15-5-6-16-12(17)18-13(2,3)4/h7-9,15H,5-6H2,1-4H3,(H,16,17). The lowest BCUT2D eigenvalue weighted by atomic mass is 10.2. The summed E-state index contributed by atoms with van der Waals surface area (Å²) in [6.07, 6.45) is -0.388. The highest BCUT2D eigenvalue weighted by Gasteiger charge is 2.15. The number of amides is 1. The molecule has 0 aliphatic rings. The van der Waals surface area contributed by atoms with Crippen LogP contribution in [0.5, 0.6) is 0 Å². The van der Waals surface area contributed by atoms with E-state index in [0.29, 0.717) is 13.1 Å². The molecule has 108 valence electrons. The molecule has 19 heavy (non-hydrogen) atoms. The minimum atomic E-state index is -0.460. The third kappa shape index (κ3) is 6.80. The number of ether oxygens (including phenoxy) is 1. The van der Waals surface area contributed by atoms with Gasteiger partial charge in [0.15, 0.2) is 0 Å². The smallest absolute Gasteiger partial charge is 0.407 e. The normalized spacial score (nSPS) is 13.1. The van der Waals surface area contributed by atoms with Gasteiger partial charge in [-0.15, -0.1) is 11.3 Å². The summed E-state index contributed by atoms with van der Waals surface area (Å²) < 4.78 is 5.93. The van der Waals surface area contributed by atoms with Crippen molar-refractivity contribution in [3.63, 3.8) is 0 Å². The minimum Gasteiger partial charge on any atom is -0.444 e. The number of thiophene rings is 1. The van der Waals surface area contributed by atoms with E-state index in [1.807, 2.05) is 32.2 Å². The number of hydrogen-bond acceptors (Lipinski definition) is 4. The zero-order valence-corrected chi connectivity index (χ0v) is 13.3. The molecule has 0 spiro atoms. The first-order valence-electron chi connectivity index (χ1n) is 6.22. The molecule has 1 unspecified atom stereocenters. The van der Waals surface area contributed by atoms with Crippen LogP contribution >= 0.6 is 22.9 Å². The Morgan fingerprint density at radius 3 is 2.68 bits per heavy atom. The lowest BCUT2D eigenvalue weighted by Crippen LogP contribution is -2.36. The van der Waals surface area contributed by atoms with Gasteiger partial charge in [0, 0.05) is 19.1 Å². The maximum atomic E-state index is 11.4. The fourth-order valence-electron chi connectivity index (χ4n) is 1.44. The number of nitrogens with one attached hydrogen (secondary N) is 2. The van der Waals surface area contributed by atoms with Crippen LogP contribution in [0.1, 0.15) is 39.3 Å². The van der Waals surface area contributed by atoms with Gasteiger partial charge in [-0.3, -0.25) is 0 Å². The molecule has 1 atom stereocenters. The minimum absolute atomic E-state index is 0.212. The first-order chi connectivity index (χ1) is 8.78. The quantitative estimate of drug-likeness (QED) is 0.818. The molecule has 0 aliphatic heterocycles. The zero-order chi connectivity index (χ0) is 14.5. The van der Waals surface area contributed by atoms with Gasteiger partial charge in [0.1, 0.15) is 5.60 Å². The fourth-order valence-corrected chi connectivity index (χ4v) is 2.42. The maximum Gasteiger partial charge on any atom is 0.407 e. The third-order valence-electron chi connectivity index (χ3n) is 2.33. The van der Waals surface area contributed by atoms with Crippen molar-refractivity contribution in [2.45, 2.75) is 39.3 Å². The van der Waals surface area contributed by atoms with Crippen molar-refractivity contribution < 1.29 is 9.53 Å². The monoisotopic (exact) mass is 304 g/mol. The molecular weight excluding hydrogens is 284 g/mol. The molecule has 1 amide bonds. The molecule has 0 aromatic carbocycles. The summed E-state index contributed by atoms with van der Waals surface area (Å²) in [5.41, 5.74) is 0.699. The Labute approximate surface area is 123 Å². The van der Waals surface area contributed by atoms with E-state index in [9.17, 15) is 4.79 Å². The largest absolute Gasteiger partial charge is 0.444 e. The molecule has 0 saturated heterocycles. The van der Waals surface area contributed by atoms with Crippen molar-refractivity contribution in [2.24, 2.45) is 0 Å². The topological polar surface area (TPSA) is 50.4 Å². The Balaban J connectivity index is 2.19. The lowest BCUT2D eigenvalue weighted by Gasteiger charge is -2.20. The molecule has 1 rings (SSSR count). The Bertz CT molecular complexity index is 415. The van der Waals surface area contributed by atoms with Crippen molar-refractivity contribution in [3.05, 3.63) is 21.3 Å². The van der Waals surface area contributed by atoms with Crippen LogP contribution in [0.15, 0.2) is 11.4 Å². The molecular formula is C13H21ClN2O2S. The van der Waals surface area contributed by atoms with Crippen molar-refractivity contribution in [1.82, 2.24) is 10.6 Å². The molecule has 1 aromatic heterocycles. The number of carbonyl (C=O) groups is 1. The fraction of sp³-hybridized carbons (Fsp3) is 0.615. The summed E-state index contributed by atoms with van der Waals surface area (Å²) in [4.78, 5) is 11.4. The summed E-state index contributed by atoms with van der Waals surface area (Å²) in [5.74, 6) is 0. The number of rotatable bonds is 5. The van der Waals surface area contributed by atoms with Gasteiger partial charge < -0.3 is 15.4 Å². The van der Waals surface area contributed by atoms with E-state index in [0.717, 1.165) is 9.90 Å². The van der Waals surface area contributed by atoms with Crippen LogP contribution in [0.25, 0.3) is 0 Å². The van der Waals surface area contributed by atoms with Crippen molar-refractivity contribution in [1.29, 1.82) is 0 Å². The molecule has 6 heteroatoms. The van der Waals surface area contributed by atoms with Crippen LogP contribution in [0.3, 0.4) is 0 Å².